The minimum absolute atomic E-state index is 0.0792. The third-order valence-corrected chi connectivity index (χ3v) is 4.97. The molecule has 1 N–H and O–H groups in total. The summed E-state index contributed by atoms with van der Waals surface area (Å²) in [7, 11) is 0. The number of nitrogens with one attached hydrogen (secondary N) is 1. The van der Waals surface area contributed by atoms with Crippen LogP contribution in [0.5, 0.6) is 0 Å². The van der Waals surface area contributed by atoms with Crippen LogP contribution in [0.2, 0.25) is 0 Å². The Balaban J connectivity index is 1.79. The first-order valence-corrected chi connectivity index (χ1v) is 8.12. The van der Waals surface area contributed by atoms with Gasteiger partial charge in [0.25, 0.3) is 0 Å². The normalized spacial score (nSPS) is 26.5. The highest BCUT2D eigenvalue weighted by atomic mass is 15.4. The molecule has 1 aliphatic carbocycles. The fourth-order valence-corrected chi connectivity index (χ4v) is 3.76. The molecule has 0 spiro atoms. The molecule has 1 aromatic carbocycles. The molecular weight excluding hydrogens is 260 g/mol. The van der Waals surface area contributed by atoms with Crippen LogP contribution >= 0.6 is 0 Å². The van der Waals surface area contributed by atoms with E-state index in [2.05, 4.69) is 39.9 Å². The maximum atomic E-state index is 4.37. The van der Waals surface area contributed by atoms with E-state index in [-0.39, 0.29) is 5.54 Å². The monoisotopic (exact) mass is 282 g/mol. The van der Waals surface area contributed by atoms with Crippen LogP contribution in [-0.2, 0) is 5.54 Å². The maximum Gasteiger partial charge on any atom is 0.0849 e. The molecule has 110 valence electrons. The van der Waals surface area contributed by atoms with Crippen molar-refractivity contribution in [2.45, 2.75) is 44.1 Å². The number of hydrogen-bond donors (Lipinski definition) is 1. The van der Waals surface area contributed by atoms with E-state index < -0.39 is 0 Å². The number of benzene rings is 1. The second kappa shape index (κ2) is 5.26. The first kappa shape index (κ1) is 13.0. The molecule has 4 heteroatoms. The standard InChI is InChI=1S/C17H22N4/c1-3-7-15(8-4-1)21-16(13-19-20-21)17(14-9-10-14)11-5-2-6-12-18-17/h1,3-4,7-8,13-14,18H,2,5-6,9-12H2. The molecule has 2 fully saturated rings. The Bertz CT molecular complexity index is 592. The molecule has 1 aliphatic heterocycles. The van der Waals surface area contributed by atoms with Gasteiger partial charge in [-0.15, -0.1) is 5.10 Å². The summed E-state index contributed by atoms with van der Waals surface area (Å²) in [6, 6.07) is 10.4. The Labute approximate surface area is 125 Å². The predicted octanol–water partition coefficient (Wildman–Crippen LogP) is 3.04. The molecule has 1 saturated carbocycles. The molecule has 1 aromatic heterocycles. The molecule has 0 radical (unpaired) electrons. The number of aromatic nitrogens is 3. The van der Waals surface area contributed by atoms with Gasteiger partial charge < -0.3 is 5.32 Å². The van der Waals surface area contributed by atoms with E-state index in [0.29, 0.717) is 0 Å². The third-order valence-electron chi connectivity index (χ3n) is 4.97. The lowest BCUT2D eigenvalue weighted by Crippen LogP contribution is -2.45. The Morgan fingerprint density at radius 2 is 1.95 bits per heavy atom. The summed E-state index contributed by atoms with van der Waals surface area (Å²) in [6.45, 7) is 1.11. The molecule has 2 heterocycles. The Kier molecular flexibility index (Phi) is 3.26. The highest BCUT2D eigenvalue weighted by Crippen LogP contribution is 2.49. The molecule has 4 rings (SSSR count). The molecule has 2 aromatic rings. The van der Waals surface area contributed by atoms with Crippen molar-refractivity contribution in [3.63, 3.8) is 0 Å². The Morgan fingerprint density at radius 3 is 2.76 bits per heavy atom. The number of nitrogens with zero attached hydrogens (tertiary/aromatic N) is 3. The number of rotatable bonds is 3. The molecule has 0 bridgehead atoms. The summed E-state index contributed by atoms with van der Waals surface area (Å²) >= 11 is 0. The summed E-state index contributed by atoms with van der Waals surface area (Å²) in [5.74, 6) is 0.747. The molecule has 4 nitrogen and oxygen atoms in total. The molecule has 2 aliphatic rings. The average molecular weight is 282 g/mol. The van der Waals surface area contributed by atoms with Crippen molar-refractivity contribution in [1.29, 1.82) is 0 Å². The van der Waals surface area contributed by atoms with E-state index in [1.165, 1.54) is 44.2 Å². The zero-order valence-corrected chi connectivity index (χ0v) is 12.3. The van der Waals surface area contributed by atoms with Crippen molar-refractivity contribution >= 4 is 0 Å². The van der Waals surface area contributed by atoms with Crippen LogP contribution in [0.25, 0.3) is 5.69 Å². The minimum Gasteiger partial charge on any atom is -0.306 e. The van der Waals surface area contributed by atoms with Gasteiger partial charge in [0.1, 0.15) is 0 Å². The SMILES string of the molecule is c1ccc(-n2nncc2C2(C3CC3)CCCCCN2)cc1. The van der Waals surface area contributed by atoms with Crippen LogP contribution in [-0.4, -0.2) is 21.5 Å². The summed E-state index contributed by atoms with van der Waals surface area (Å²) in [5, 5.41) is 12.5. The molecular formula is C17H22N4. The van der Waals surface area contributed by atoms with Gasteiger partial charge in [0.05, 0.1) is 23.1 Å². The fraction of sp³-hybridized carbons (Fsp3) is 0.529. The first-order chi connectivity index (χ1) is 10.4. The van der Waals surface area contributed by atoms with Gasteiger partial charge in [0.2, 0.25) is 0 Å². The Hall–Kier alpha value is -1.68. The van der Waals surface area contributed by atoms with Crippen molar-refractivity contribution < 1.29 is 0 Å². The summed E-state index contributed by atoms with van der Waals surface area (Å²) < 4.78 is 2.04. The zero-order valence-electron chi connectivity index (χ0n) is 12.3. The largest absolute Gasteiger partial charge is 0.306 e. The quantitative estimate of drug-likeness (QED) is 0.941. The predicted molar refractivity (Wildman–Crippen MR) is 82.2 cm³/mol. The zero-order chi connectivity index (χ0) is 14.1. The van der Waals surface area contributed by atoms with E-state index in [1.54, 1.807) is 0 Å². The first-order valence-electron chi connectivity index (χ1n) is 8.12. The lowest BCUT2D eigenvalue weighted by Gasteiger charge is -2.34. The molecule has 1 unspecified atom stereocenters. The van der Waals surface area contributed by atoms with Crippen LogP contribution in [0, 0.1) is 5.92 Å². The van der Waals surface area contributed by atoms with Crippen LogP contribution in [0.3, 0.4) is 0 Å². The molecule has 1 atom stereocenters. The lowest BCUT2D eigenvalue weighted by molar-refractivity contribution is 0.265. The van der Waals surface area contributed by atoms with Gasteiger partial charge in [0, 0.05) is 0 Å². The van der Waals surface area contributed by atoms with Crippen molar-refractivity contribution in [3.05, 3.63) is 42.2 Å². The summed E-state index contributed by atoms with van der Waals surface area (Å²) in [6.07, 6.45) is 9.74. The van der Waals surface area contributed by atoms with Gasteiger partial charge in [-0.1, -0.05) is 36.3 Å². The van der Waals surface area contributed by atoms with Crippen molar-refractivity contribution in [2.24, 2.45) is 5.92 Å². The van der Waals surface area contributed by atoms with Crippen LogP contribution < -0.4 is 5.32 Å². The van der Waals surface area contributed by atoms with Crippen molar-refractivity contribution in [1.82, 2.24) is 20.3 Å². The van der Waals surface area contributed by atoms with Crippen LogP contribution in [0.4, 0.5) is 0 Å². The van der Waals surface area contributed by atoms with E-state index in [0.717, 1.165) is 18.2 Å². The highest BCUT2D eigenvalue weighted by molar-refractivity contribution is 5.34. The van der Waals surface area contributed by atoms with Gasteiger partial charge >= 0.3 is 0 Å². The highest BCUT2D eigenvalue weighted by Gasteiger charge is 2.48. The number of para-hydroxylation sites is 1. The molecule has 0 amide bonds. The van der Waals surface area contributed by atoms with E-state index in [9.17, 15) is 0 Å². The van der Waals surface area contributed by atoms with E-state index in [1.807, 2.05) is 16.9 Å². The van der Waals surface area contributed by atoms with Crippen molar-refractivity contribution in [3.8, 4) is 5.69 Å². The van der Waals surface area contributed by atoms with Crippen LogP contribution in [0.1, 0.15) is 44.2 Å². The Morgan fingerprint density at radius 1 is 1.10 bits per heavy atom. The van der Waals surface area contributed by atoms with Gasteiger partial charge in [-0.25, -0.2) is 4.68 Å². The van der Waals surface area contributed by atoms with Gasteiger partial charge in [0.15, 0.2) is 0 Å². The molecule has 1 saturated heterocycles. The summed E-state index contributed by atoms with van der Waals surface area (Å²) in [5.41, 5.74) is 2.43. The number of hydrogen-bond acceptors (Lipinski definition) is 3. The fourth-order valence-electron chi connectivity index (χ4n) is 3.76. The molecule has 21 heavy (non-hydrogen) atoms. The smallest absolute Gasteiger partial charge is 0.0849 e. The third kappa shape index (κ3) is 2.27. The lowest BCUT2D eigenvalue weighted by atomic mass is 9.85. The van der Waals surface area contributed by atoms with Gasteiger partial charge in [-0.3, -0.25) is 0 Å². The minimum atomic E-state index is 0.0792. The van der Waals surface area contributed by atoms with Gasteiger partial charge in [-0.05, 0) is 50.3 Å². The maximum absolute atomic E-state index is 4.37. The average Bonchev–Trinajstić information content (AvgIpc) is 3.31. The second-order valence-corrected chi connectivity index (χ2v) is 6.35. The second-order valence-electron chi connectivity index (χ2n) is 6.35. The van der Waals surface area contributed by atoms with Crippen molar-refractivity contribution in [2.75, 3.05) is 6.54 Å². The van der Waals surface area contributed by atoms with Gasteiger partial charge in [-0.2, -0.15) is 0 Å². The van der Waals surface area contributed by atoms with E-state index in [4.69, 9.17) is 0 Å². The van der Waals surface area contributed by atoms with Crippen LogP contribution in [0.15, 0.2) is 36.5 Å². The van der Waals surface area contributed by atoms with E-state index >= 15 is 0 Å². The topological polar surface area (TPSA) is 42.7 Å². The summed E-state index contributed by atoms with van der Waals surface area (Å²) in [4.78, 5) is 0.